The van der Waals surface area contributed by atoms with Crippen molar-refractivity contribution in [3.05, 3.63) is 11.6 Å². The van der Waals surface area contributed by atoms with E-state index < -0.39 is 0 Å². The first-order valence-electron chi connectivity index (χ1n) is 6.04. The fourth-order valence-corrected chi connectivity index (χ4v) is 3.71. The number of rotatable bonds is 1. The summed E-state index contributed by atoms with van der Waals surface area (Å²) in [5.41, 5.74) is 1.88. The van der Waals surface area contributed by atoms with Crippen molar-refractivity contribution in [2.45, 2.75) is 40.5 Å². The minimum Gasteiger partial charge on any atom is -0.193 e. The summed E-state index contributed by atoms with van der Waals surface area (Å²) < 4.78 is 0. The van der Waals surface area contributed by atoms with Gasteiger partial charge in [0.1, 0.15) is 0 Å². The van der Waals surface area contributed by atoms with Gasteiger partial charge in [0, 0.05) is 6.08 Å². The predicted octanol–water partition coefficient (Wildman–Crippen LogP) is 3.77. The van der Waals surface area contributed by atoms with Crippen LogP contribution in [-0.2, 0) is 0 Å². The van der Waals surface area contributed by atoms with Gasteiger partial charge in [-0.1, -0.05) is 26.3 Å². The maximum atomic E-state index is 8.71. The number of nitriles is 1. The zero-order valence-electron chi connectivity index (χ0n) is 10.2. The lowest BCUT2D eigenvalue weighted by Gasteiger charge is -2.28. The molecule has 15 heavy (non-hydrogen) atoms. The Morgan fingerprint density at radius 1 is 1.33 bits per heavy atom. The van der Waals surface area contributed by atoms with Gasteiger partial charge in [0.25, 0.3) is 0 Å². The second kappa shape index (κ2) is 3.37. The molecule has 0 amide bonds. The number of nitrogens with zero attached hydrogens (tertiary/aromatic N) is 1. The first-order valence-corrected chi connectivity index (χ1v) is 6.04. The lowest BCUT2D eigenvalue weighted by atomic mass is 9.76. The van der Waals surface area contributed by atoms with Gasteiger partial charge in [-0.2, -0.15) is 5.26 Å². The van der Waals surface area contributed by atoms with Crippen LogP contribution in [0.4, 0.5) is 0 Å². The smallest absolute Gasteiger partial charge is 0.0911 e. The van der Waals surface area contributed by atoms with Crippen LogP contribution in [-0.4, -0.2) is 0 Å². The molecule has 1 nitrogen and oxygen atoms in total. The first-order chi connectivity index (χ1) is 6.98. The van der Waals surface area contributed by atoms with E-state index in [1.807, 2.05) is 0 Å². The van der Waals surface area contributed by atoms with Gasteiger partial charge in [-0.25, -0.2) is 0 Å². The topological polar surface area (TPSA) is 23.8 Å². The molecule has 0 aromatic rings. The van der Waals surface area contributed by atoms with E-state index in [2.05, 4.69) is 33.8 Å². The van der Waals surface area contributed by atoms with Gasteiger partial charge in [-0.05, 0) is 48.9 Å². The summed E-state index contributed by atoms with van der Waals surface area (Å²) in [6, 6.07) is 2.17. The third-order valence-corrected chi connectivity index (χ3v) is 4.99. The van der Waals surface area contributed by atoms with Crippen LogP contribution in [0.2, 0.25) is 0 Å². The Labute approximate surface area is 93.2 Å². The van der Waals surface area contributed by atoms with Gasteiger partial charge in [0.15, 0.2) is 0 Å². The van der Waals surface area contributed by atoms with E-state index in [1.165, 1.54) is 18.4 Å². The molecule has 0 aromatic heterocycles. The largest absolute Gasteiger partial charge is 0.193 e. The maximum Gasteiger partial charge on any atom is 0.0911 e. The molecule has 2 saturated carbocycles. The minimum absolute atomic E-state index is 0.579. The third kappa shape index (κ3) is 1.61. The monoisotopic (exact) mass is 203 g/mol. The maximum absolute atomic E-state index is 8.71. The summed E-state index contributed by atoms with van der Waals surface area (Å²) in [7, 11) is 0. The van der Waals surface area contributed by atoms with Crippen LogP contribution in [0.3, 0.4) is 0 Å². The van der Waals surface area contributed by atoms with Gasteiger partial charge in [0.2, 0.25) is 0 Å². The zero-order valence-corrected chi connectivity index (χ0v) is 10.2. The highest BCUT2D eigenvalue weighted by Crippen LogP contribution is 2.67. The zero-order chi connectivity index (χ0) is 11.2. The van der Waals surface area contributed by atoms with Crippen molar-refractivity contribution >= 4 is 0 Å². The van der Waals surface area contributed by atoms with Crippen molar-refractivity contribution < 1.29 is 0 Å². The van der Waals surface area contributed by atoms with E-state index >= 15 is 0 Å². The number of allylic oxidation sites excluding steroid dienone is 2. The summed E-state index contributed by atoms with van der Waals surface area (Å²) in [5, 5.41) is 8.71. The summed E-state index contributed by atoms with van der Waals surface area (Å²) in [6.07, 6.45) is 4.42. The molecule has 4 unspecified atom stereocenters. The molecule has 2 rings (SSSR count). The number of fused-ring (bicyclic) bond motifs is 1. The van der Waals surface area contributed by atoms with Crippen molar-refractivity contribution in [3.8, 4) is 6.07 Å². The van der Waals surface area contributed by atoms with Crippen molar-refractivity contribution in [1.82, 2.24) is 0 Å². The average Bonchev–Trinajstić information content (AvgIpc) is 2.67. The molecule has 82 valence electrons. The lowest BCUT2D eigenvalue weighted by molar-refractivity contribution is 0.281. The molecule has 0 saturated heterocycles. The van der Waals surface area contributed by atoms with Crippen LogP contribution in [0, 0.1) is 40.4 Å². The molecule has 0 radical (unpaired) electrons. The Morgan fingerprint density at radius 3 is 2.53 bits per heavy atom. The highest BCUT2D eigenvalue weighted by atomic mass is 14.6. The fourth-order valence-electron chi connectivity index (χ4n) is 3.71. The van der Waals surface area contributed by atoms with Gasteiger partial charge >= 0.3 is 0 Å². The highest BCUT2D eigenvalue weighted by molar-refractivity contribution is 5.19. The second-order valence-electron chi connectivity index (χ2n) is 6.11. The van der Waals surface area contributed by atoms with Gasteiger partial charge in [0.05, 0.1) is 6.07 Å². The molecule has 1 heteroatoms. The molecular formula is C14H21N. The van der Waals surface area contributed by atoms with E-state index in [0.717, 1.165) is 17.8 Å². The minimum atomic E-state index is 0.579. The molecule has 0 spiro atoms. The third-order valence-electron chi connectivity index (χ3n) is 4.99. The van der Waals surface area contributed by atoms with Crippen LogP contribution in [0.25, 0.3) is 0 Å². The van der Waals surface area contributed by atoms with Crippen molar-refractivity contribution in [3.63, 3.8) is 0 Å². The van der Waals surface area contributed by atoms with E-state index in [-0.39, 0.29) is 0 Å². The van der Waals surface area contributed by atoms with Gasteiger partial charge in [-0.15, -0.1) is 0 Å². The highest BCUT2D eigenvalue weighted by Gasteiger charge is 2.60. The quantitative estimate of drug-likeness (QED) is 0.595. The predicted molar refractivity (Wildman–Crippen MR) is 62.0 cm³/mol. The molecular weight excluding hydrogens is 182 g/mol. The van der Waals surface area contributed by atoms with Crippen LogP contribution < -0.4 is 0 Å². The van der Waals surface area contributed by atoms with E-state index in [0.29, 0.717) is 11.3 Å². The Bertz CT molecular complexity index is 332. The van der Waals surface area contributed by atoms with Crippen LogP contribution in [0.15, 0.2) is 11.6 Å². The number of hydrogen-bond donors (Lipinski definition) is 0. The molecule has 0 heterocycles. The summed E-state index contributed by atoms with van der Waals surface area (Å²) in [4.78, 5) is 0. The standard InChI is InChI=1S/C14H21N/c1-9(5-6-15)11-8-13-12(7-10(11)2)14(13,3)4/h5,10-13H,7-8H2,1-4H3. The first kappa shape index (κ1) is 10.7. The average molecular weight is 203 g/mol. The summed E-state index contributed by atoms with van der Waals surface area (Å²) in [5.74, 6) is 3.30. The molecule has 0 aliphatic heterocycles. The molecule has 2 aliphatic rings. The van der Waals surface area contributed by atoms with E-state index in [9.17, 15) is 0 Å². The molecule has 4 atom stereocenters. The molecule has 0 N–H and O–H groups in total. The molecule has 0 bridgehead atoms. The molecule has 2 aliphatic carbocycles. The van der Waals surface area contributed by atoms with Crippen molar-refractivity contribution in [2.24, 2.45) is 29.1 Å². The Morgan fingerprint density at radius 2 is 1.93 bits per heavy atom. The normalized spacial score (nSPS) is 43.0. The Kier molecular flexibility index (Phi) is 2.41. The van der Waals surface area contributed by atoms with Crippen LogP contribution in [0.5, 0.6) is 0 Å². The summed E-state index contributed by atoms with van der Waals surface area (Å²) >= 11 is 0. The van der Waals surface area contributed by atoms with Crippen molar-refractivity contribution in [1.29, 1.82) is 5.26 Å². The Hall–Kier alpha value is -0.770. The molecule has 2 fully saturated rings. The van der Waals surface area contributed by atoms with Crippen molar-refractivity contribution in [2.75, 3.05) is 0 Å². The summed E-state index contributed by atoms with van der Waals surface area (Å²) in [6.45, 7) is 9.28. The molecule has 0 aromatic carbocycles. The SMILES string of the molecule is CC(=CC#N)C1CC2C(CC1C)C2(C)C. The number of hydrogen-bond acceptors (Lipinski definition) is 1. The van der Waals surface area contributed by atoms with Gasteiger partial charge < -0.3 is 0 Å². The fraction of sp³-hybridized carbons (Fsp3) is 0.786. The second-order valence-corrected chi connectivity index (χ2v) is 6.11. The van der Waals surface area contributed by atoms with E-state index in [1.54, 1.807) is 6.08 Å². The van der Waals surface area contributed by atoms with E-state index in [4.69, 9.17) is 5.26 Å². The lowest BCUT2D eigenvalue weighted by Crippen LogP contribution is -2.19. The van der Waals surface area contributed by atoms with Crippen LogP contribution >= 0.6 is 0 Å². The van der Waals surface area contributed by atoms with Gasteiger partial charge in [-0.3, -0.25) is 0 Å². The Balaban J connectivity index is 2.11. The van der Waals surface area contributed by atoms with Crippen LogP contribution in [0.1, 0.15) is 40.5 Å².